The average Bonchev–Trinajstić information content (AvgIpc) is 3.06. The molecule has 0 saturated heterocycles. The normalized spacial score (nSPS) is 20.2. The lowest BCUT2D eigenvalue weighted by Gasteiger charge is -2.22. The first kappa shape index (κ1) is 13.3. The molecule has 0 unspecified atom stereocenters. The van der Waals surface area contributed by atoms with E-state index in [0.717, 1.165) is 4.88 Å². The fraction of sp³-hybridized carbons (Fsp3) is 0.357. The van der Waals surface area contributed by atoms with Gasteiger partial charge in [-0.15, -0.1) is 11.3 Å². The summed E-state index contributed by atoms with van der Waals surface area (Å²) in [7, 11) is 0. The van der Waals surface area contributed by atoms with E-state index in [0.29, 0.717) is 5.57 Å². The van der Waals surface area contributed by atoms with Crippen LogP contribution in [0.3, 0.4) is 0 Å². The van der Waals surface area contributed by atoms with Crippen molar-refractivity contribution in [1.82, 2.24) is 0 Å². The Balaban J connectivity index is 2.45. The minimum atomic E-state index is -1.20. The smallest absolute Gasteiger partial charge is 0.334 e. The Morgan fingerprint density at radius 1 is 1.58 bits per heavy atom. The van der Waals surface area contributed by atoms with Crippen LogP contribution in [0.15, 0.2) is 29.2 Å². The molecule has 0 spiro atoms. The molecular weight excluding hydrogens is 260 g/mol. The van der Waals surface area contributed by atoms with Crippen molar-refractivity contribution in [2.24, 2.45) is 5.41 Å². The molecule has 0 bridgehead atoms. The number of nitriles is 2. The molecule has 2 rings (SSSR count). The first-order valence-electron chi connectivity index (χ1n) is 5.91. The molecule has 1 aromatic heterocycles. The van der Waals surface area contributed by atoms with E-state index in [-0.39, 0.29) is 13.0 Å². The van der Waals surface area contributed by atoms with Gasteiger partial charge in [0, 0.05) is 10.5 Å². The Morgan fingerprint density at radius 3 is 2.84 bits per heavy atom. The van der Waals surface area contributed by atoms with Crippen molar-refractivity contribution in [2.75, 3.05) is 6.61 Å². The van der Waals surface area contributed by atoms with Crippen molar-refractivity contribution in [2.45, 2.75) is 19.3 Å². The number of thiophene rings is 1. The lowest BCUT2D eigenvalue weighted by atomic mass is 9.76. The zero-order valence-corrected chi connectivity index (χ0v) is 11.2. The predicted octanol–water partition coefficient (Wildman–Crippen LogP) is 2.76. The molecule has 0 saturated carbocycles. The second-order valence-corrected chi connectivity index (χ2v) is 5.21. The van der Waals surface area contributed by atoms with Gasteiger partial charge in [0.2, 0.25) is 0 Å². The van der Waals surface area contributed by atoms with Crippen LogP contribution in [0.25, 0.3) is 0 Å². The number of carbonyl (C=O) groups is 1. The molecule has 1 aromatic rings. The molecule has 0 N–H and O–H groups in total. The van der Waals surface area contributed by atoms with Crippen LogP contribution in [0.2, 0.25) is 0 Å². The van der Waals surface area contributed by atoms with Gasteiger partial charge in [-0.25, -0.2) is 4.79 Å². The predicted molar refractivity (Wildman–Crippen MR) is 70.1 cm³/mol. The number of allylic oxidation sites excluding steroid dienone is 1. The second-order valence-electron chi connectivity index (χ2n) is 4.23. The van der Waals surface area contributed by atoms with Gasteiger partial charge in [0.25, 0.3) is 0 Å². The fourth-order valence-electron chi connectivity index (χ4n) is 2.28. The molecule has 0 fully saturated rings. The van der Waals surface area contributed by atoms with Crippen molar-refractivity contribution < 1.29 is 9.53 Å². The maximum atomic E-state index is 12.0. The highest BCUT2D eigenvalue weighted by molar-refractivity contribution is 7.10. The van der Waals surface area contributed by atoms with E-state index in [9.17, 15) is 15.3 Å². The highest BCUT2D eigenvalue weighted by Crippen LogP contribution is 2.50. The van der Waals surface area contributed by atoms with Crippen molar-refractivity contribution in [3.8, 4) is 12.1 Å². The van der Waals surface area contributed by atoms with Gasteiger partial charge in [0.15, 0.2) is 5.41 Å². The number of rotatable bonds is 3. The zero-order chi connectivity index (χ0) is 13.9. The monoisotopic (exact) mass is 272 g/mol. The Hall–Kier alpha value is -2.11. The quantitative estimate of drug-likeness (QED) is 0.793. The highest BCUT2D eigenvalue weighted by atomic mass is 32.1. The fourth-order valence-corrected chi connectivity index (χ4v) is 3.22. The molecule has 1 atom stereocenters. The summed E-state index contributed by atoms with van der Waals surface area (Å²) in [6, 6.07) is 7.85. The van der Waals surface area contributed by atoms with Crippen molar-refractivity contribution in [3.63, 3.8) is 0 Å². The highest BCUT2D eigenvalue weighted by Gasteiger charge is 2.49. The van der Waals surface area contributed by atoms with Crippen LogP contribution in [-0.2, 0) is 9.53 Å². The molecule has 1 aliphatic carbocycles. The molecule has 0 aromatic carbocycles. The number of hydrogen-bond acceptors (Lipinski definition) is 5. The van der Waals surface area contributed by atoms with Crippen LogP contribution in [0.4, 0.5) is 0 Å². The third kappa shape index (κ3) is 2.14. The van der Waals surface area contributed by atoms with Gasteiger partial charge in [-0.05, 0) is 24.8 Å². The minimum Gasteiger partial charge on any atom is -0.463 e. The summed E-state index contributed by atoms with van der Waals surface area (Å²) in [4.78, 5) is 12.8. The summed E-state index contributed by atoms with van der Waals surface area (Å²) in [5.41, 5.74) is -0.778. The lowest BCUT2D eigenvalue weighted by molar-refractivity contribution is -0.138. The van der Waals surface area contributed by atoms with E-state index >= 15 is 0 Å². The summed E-state index contributed by atoms with van der Waals surface area (Å²) in [6.07, 6.45) is 1.92. The van der Waals surface area contributed by atoms with E-state index in [1.54, 1.807) is 13.0 Å². The Bertz CT molecular complexity index is 576. The van der Waals surface area contributed by atoms with Gasteiger partial charge < -0.3 is 4.74 Å². The Kier molecular flexibility index (Phi) is 3.69. The van der Waals surface area contributed by atoms with E-state index < -0.39 is 17.3 Å². The summed E-state index contributed by atoms with van der Waals surface area (Å²) in [6.45, 7) is 2.01. The molecule has 0 radical (unpaired) electrons. The van der Waals surface area contributed by atoms with E-state index in [4.69, 9.17) is 4.74 Å². The van der Waals surface area contributed by atoms with Crippen LogP contribution < -0.4 is 0 Å². The van der Waals surface area contributed by atoms with Crippen molar-refractivity contribution in [3.05, 3.63) is 34.0 Å². The number of nitrogens with zero attached hydrogens (tertiary/aromatic N) is 2. The summed E-state index contributed by atoms with van der Waals surface area (Å²) in [5, 5.41) is 20.6. The maximum Gasteiger partial charge on any atom is 0.334 e. The summed E-state index contributed by atoms with van der Waals surface area (Å²) in [5.74, 6) is -0.949. The third-order valence-electron chi connectivity index (χ3n) is 3.19. The van der Waals surface area contributed by atoms with Gasteiger partial charge in [-0.1, -0.05) is 12.1 Å². The zero-order valence-electron chi connectivity index (χ0n) is 10.4. The number of carbonyl (C=O) groups excluding carboxylic acids is 1. The first-order valence-corrected chi connectivity index (χ1v) is 6.79. The topological polar surface area (TPSA) is 73.9 Å². The minimum absolute atomic E-state index is 0.261. The molecule has 0 aliphatic heterocycles. The van der Waals surface area contributed by atoms with Crippen LogP contribution in [0, 0.1) is 28.1 Å². The van der Waals surface area contributed by atoms with Crippen LogP contribution in [0.1, 0.15) is 24.1 Å². The van der Waals surface area contributed by atoms with Gasteiger partial charge in [0.05, 0.1) is 24.7 Å². The van der Waals surface area contributed by atoms with Gasteiger partial charge in [0.1, 0.15) is 0 Å². The molecular formula is C14H12N2O2S. The standard InChI is InChI=1S/C14H12N2O2S/c1-2-18-13(17)10-5-6-14(8-15,9-16)12(10)11-4-3-7-19-11/h3-5,7,12H,2,6H2,1H3/t12-/m1/s1. The third-order valence-corrected chi connectivity index (χ3v) is 4.12. The van der Waals surface area contributed by atoms with Crippen molar-refractivity contribution >= 4 is 17.3 Å². The maximum absolute atomic E-state index is 12.0. The molecule has 5 heteroatoms. The summed E-state index contributed by atoms with van der Waals surface area (Å²) >= 11 is 1.44. The molecule has 1 heterocycles. The van der Waals surface area contributed by atoms with Gasteiger partial charge in [-0.2, -0.15) is 10.5 Å². The van der Waals surface area contributed by atoms with Gasteiger partial charge >= 0.3 is 5.97 Å². The van der Waals surface area contributed by atoms with Crippen LogP contribution >= 0.6 is 11.3 Å². The number of esters is 1. The average molecular weight is 272 g/mol. The second kappa shape index (κ2) is 5.26. The van der Waals surface area contributed by atoms with E-state index in [1.165, 1.54) is 11.3 Å². The SMILES string of the molecule is CCOC(=O)C1=CCC(C#N)(C#N)[C@H]1c1cccs1. The largest absolute Gasteiger partial charge is 0.463 e. The Morgan fingerprint density at radius 2 is 2.32 bits per heavy atom. The molecule has 1 aliphatic rings. The number of hydrogen-bond donors (Lipinski definition) is 0. The van der Waals surface area contributed by atoms with Crippen LogP contribution in [-0.4, -0.2) is 12.6 Å². The first-order chi connectivity index (χ1) is 9.18. The molecule has 19 heavy (non-hydrogen) atoms. The van der Waals surface area contributed by atoms with Crippen LogP contribution in [0.5, 0.6) is 0 Å². The Labute approximate surface area is 115 Å². The number of ether oxygens (including phenoxy) is 1. The van der Waals surface area contributed by atoms with E-state index in [2.05, 4.69) is 12.1 Å². The molecule has 0 amide bonds. The van der Waals surface area contributed by atoms with E-state index in [1.807, 2.05) is 17.5 Å². The summed E-state index contributed by atoms with van der Waals surface area (Å²) < 4.78 is 5.02. The van der Waals surface area contributed by atoms with Crippen molar-refractivity contribution in [1.29, 1.82) is 10.5 Å². The molecule has 96 valence electrons. The lowest BCUT2D eigenvalue weighted by Crippen LogP contribution is -2.24. The van der Waals surface area contributed by atoms with Gasteiger partial charge in [-0.3, -0.25) is 0 Å². The molecule has 4 nitrogen and oxygen atoms in total.